The first-order chi connectivity index (χ1) is 14.7. The van der Waals surface area contributed by atoms with Gasteiger partial charge in [0.15, 0.2) is 0 Å². The first kappa shape index (κ1) is 23.8. The second-order valence-electron chi connectivity index (χ2n) is 6.63. The third kappa shape index (κ3) is 4.50. The Morgan fingerprint density at radius 2 is 1.38 bits per heavy atom. The Morgan fingerprint density at radius 1 is 0.781 bits per heavy atom. The standard InChI is InChI=1S/C21H10ClF9O/c1-9-2-5-13(18(22)19(9)26)21(30,31)32-11-3-4-12(14(23)8-11)10-6-15(24)17(16(25)7-10)20(27,28)29/h2-8H,1H3. The van der Waals surface area contributed by atoms with Gasteiger partial charge in [-0.05, 0) is 48.4 Å². The fraction of sp³-hybridized carbons (Fsp3) is 0.143. The molecule has 0 saturated heterocycles. The van der Waals surface area contributed by atoms with E-state index in [9.17, 15) is 39.5 Å². The Hall–Kier alpha value is -2.88. The summed E-state index contributed by atoms with van der Waals surface area (Å²) in [5.74, 6) is -7.14. The van der Waals surface area contributed by atoms with Gasteiger partial charge in [0, 0.05) is 11.6 Å². The predicted octanol–water partition coefficient (Wildman–Crippen LogP) is 8.02. The first-order valence-electron chi connectivity index (χ1n) is 8.60. The number of halogens is 10. The average Bonchev–Trinajstić information content (AvgIpc) is 2.64. The van der Waals surface area contributed by atoms with Gasteiger partial charge in [-0.2, -0.15) is 22.0 Å². The lowest BCUT2D eigenvalue weighted by Crippen LogP contribution is -2.23. The highest BCUT2D eigenvalue weighted by molar-refractivity contribution is 6.31. The molecular weight excluding hydrogens is 475 g/mol. The second-order valence-corrected chi connectivity index (χ2v) is 7.01. The fourth-order valence-electron chi connectivity index (χ4n) is 2.87. The third-order valence-corrected chi connectivity index (χ3v) is 4.78. The van der Waals surface area contributed by atoms with E-state index in [0.29, 0.717) is 6.07 Å². The van der Waals surface area contributed by atoms with Crippen LogP contribution in [-0.2, 0) is 12.3 Å². The van der Waals surface area contributed by atoms with Crippen LogP contribution >= 0.6 is 11.6 Å². The van der Waals surface area contributed by atoms with E-state index < -0.39 is 68.6 Å². The molecule has 0 aliphatic heterocycles. The van der Waals surface area contributed by atoms with Crippen molar-refractivity contribution >= 4 is 11.6 Å². The Morgan fingerprint density at radius 3 is 1.91 bits per heavy atom. The van der Waals surface area contributed by atoms with E-state index in [2.05, 4.69) is 4.74 Å². The maximum atomic E-state index is 14.4. The molecule has 0 atom stereocenters. The zero-order chi connectivity index (χ0) is 24.0. The number of hydrogen-bond acceptors (Lipinski definition) is 1. The molecule has 0 unspecified atom stereocenters. The zero-order valence-corrected chi connectivity index (χ0v) is 16.5. The van der Waals surface area contributed by atoms with Gasteiger partial charge in [0.2, 0.25) is 0 Å². The maximum Gasteiger partial charge on any atom is 0.428 e. The molecule has 3 rings (SSSR count). The van der Waals surface area contributed by atoms with Gasteiger partial charge in [0.25, 0.3) is 0 Å². The summed E-state index contributed by atoms with van der Waals surface area (Å²) in [6, 6.07) is 4.36. The molecule has 170 valence electrons. The van der Waals surface area contributed by atoms with Gasteiger partial charge in [0.05, 0.1) is 10.6 Å². The summed E-state index contributed by atoms with van der Waals surface area (Å²) in [5.41, 5.74) is -4.36. The van der Waals surface area contributed by atoms with E-state index >= 15 is 0 Å². The van der Waals surface area contributed by atoms with Crippen LogP contribution in [0.1, 0.15) is 16.7 Å². The Balaban J connectivity index is 1.95. The maximum absolute atomic E-state index is 14.4. The van der Waals surface area contributed by atoms with Gasteiger partial charge >= 0.3 is 12.3 Å². The quantitative estimate of drug-likeness (QED) is 0.341. The highest BCUT2D eigenvalue weighted by Crippen LogP contribution is 2.40. The molecule has 0 aliphatic rings. The van der Waals surface area contributed by atoms with Gasteiger partial charge in [-0.25, -0.2) is 17.6 Å². The summed E-state index contributed by atoms with van der Waals surface area (Å²) in [5, 5.41) is -0.900. The number of aryl methyl sites for hydroxylation is 1. The zero-order valence-electron chi connectivity index (χ0n) is 15.7. The lowest BCUT2D eigenvalue weighted by atomic mass is 10.0. The van der Waals surface area contributed by atoms with Crippen molar-refractivity contribution in [2.45, 2.75) is 19.2 Å². The molecule has 0 N–H and O–H groups in total. The SMILES string of the molecule is Cc1ccc(C(F)(F)Oc2ccc(-c3cc(F)c(C(F)(F)F)c(F)c3)c(F)c2)c(Cl)c1F. The number of alkyl halides is 5. The van der Waals surface area contributed by atoms with Crippen LogP contribution in [0, 0.1) is 30.2 Å². The van der Waals surface area contributed by atoms with E-state index in [1.807, 2.05) is 0 Å². The molecule has 0 fully saturated rings. The molecule has 0 aliphatic carbocycles. The molecule has 0 aromatic heterocycles. The summed E-state index contributed by atoms with van der Waals surface area (Å²) in [7, 11) is 0. The number of ether oxygens (including phenoxy) is 1. The van der Waals surface area contributed by atoms with Crippen molar-refractivity contribution in [2.75, 3.05) is 0 Å². The Labute approximate surface area is 180 Å². The predicted molar refractivity (Wildman–Crippen MR) is 97.4 cm³/mol. The molecule has 3 aromatic rings. The average molecular weight is 485 g/mol. The van der Waals surface area contributed by atoms with Crippen molar-refractivity contribution in [3.8, 4) is 16.9 Å². The van der Waals surface area contributed by atoms with Gasteiger partial charge in [-0.1, -0.05) is 17.7 Å². The largest absolute Gasteiger partial charge is 0.429 e. The van der Waals surface area contributed by atoms with E-state index in [1.54, 1.807) is 0 Å². The molecule has 11 heteroatoms. The van der Waals surface area contributed by atoms with Crippen molar-refractivity contribution in [1.82, 2.24) is 0 Å². The molecule has 32 heavy (non-hydrogen) atoms. The summed E-state index contributed by atoms with van der Waals surface area (Å²) in [6.07, 6.45) is -9.50. The van der Waals surface area contributed by atoms with E-state index in [1.165, 1.54) is 6.92 Å². The lowest BCUT2D eigenvalue weighted by molar-refractivity contribution is -0.185. The summed E-state index contributed by atoms with van der Waals surface area (Å²) < 4.78 is 127. The molecule has 0 amide bonds. The highest BCUT2D eigenvalue weighted by Gasteiger charge is 2.39. The molecule has 0 saturated carbocycles. The second kappa shape index (κ2) is 8.23. The van der Waals surface area contributed by atoms with Crippen LogP contribution in [-0.4, -0.2) is 0 Å². The van der Waals surface area contributed by atoms with Crippen LogP contribution in [0.4, 0.5) is 39.5 Å². The number of rotatable bonds is 4. The topological polar surface area (TPSA) is 9.23 Å². The first-order valence-corrected chi connectivity index (χ1v) is 8.98. The Kier molecular flexibility index (Phi) is 6.12. The molecule has 0 radical (unpaired) electrons. The fourth-order valence-corrected chi connectivity index (χ4v) is 3.19. The van der Waals surface area contributed by atoms with Crippen molar-refractivity contribution < 1.29 is 44.3 Å². The van der Waals surface area contributed by atoms with Crippen LogP contribution in [0.3, 0.4) is 0 Å². The summed E-state index contributed by atoms with van der Waals surface area (Å²) in [6.45, 7) is 1.30. The number of benzene rings is 3. The van der Waals surface area contributed by atoms with Gasteiger partial charge in [0.1, 0.15) is 34.6 Å². The minimum absolute atomic E-state index is 0.000883. The van der Waals surface area contributed by atoms with Crippen LogP contribution in [0.15, 0.2) is 42.5 Å². The van der Waals surface area contributed by atoms with E-state index in [0.717, 1.165) is 24.3 Å². The normalized spacial score (nSPS) is 12.2. The smallest absolute Gasteiger partial charge is 0.428 e. The van der Waals surface area contributed by atoms with Gasteiger partial charge in [-0.15, -0.1) is 0 Å². The van der Waals surface area contributed by atoms with Crippen LogP contribution in [0.5, 0.6) is 5.75 Å². The van der Waals surface area contributed by atoms with Crippen molar-refractivity contribution in [2.24, 2.45) is 0 Å². The monoisotopic (exact) mass is 484 g/mol. The summed E-state index contributed by atoms with van der Waals surface area (Å²) >= 11 is 5.60. The van der Waals surface area contributed by atoms with Crippen molar-refractivity contribution in [1.29, 1.82) is 0 Å². The van der Waals surface area contributed by atoms with Gasteiger partial charge < -0.3 is 4.74 Å². The number of hydrogen-bond donors (Lipinski definition) is 0. The van der Waals surface area contributed by atoms with Crippen LogP contribution in [0.25, 0.3) is 11.1 Å². The summed E-state index contributed by atoms with van der Waals surface area (Å²) in [4.78, 5) is 0. The molecule has 0 spiro atoms. The molecule has 3 aromatic carbocycles. The lowest BCUT2D eigenvalue weighted by Gasteiger charge is -2.20. The Bertz CT molecular complexity index is 1170. The van der Waals surface area contributed by atoms with Crippen molar-refractivity contribution in [3.63, 3.8) is 0 Å². The van der Waals surface area contributed by atoms with Gasteiger partial charge in [-0.3, -0.25) is 0 Å². The van der Waals surface area contributed by atoms with Crippen LogP contribution < -0.4 is 4.74 Å². The minimum atomic E-state index is -5.31. The highest BCUT2D eigenvalue weighted by atomic mass is 35.5. The third-order valence-electron chi connectivity index (χ3n) is 4.41. The molecule has 0 bridgehead atoms. The molecular formula is C21H10ClF9O. The van der Waals surface area contributed by atoms with Crippen molar-refractivity contribution in [3.05, 3.63) is 87.4 Å². The molecule has 1 nitrogen and oxygen atoms in total. The van der Waals surface area contributed by atoms with Crippen LogP contribution in [0.2, 0.25) is 5.02 Å². The minimum Gasteiger partial charge on any atom is -0.429 e. The van der Waals surface area contributed by atoms with E-state index in [-0.39, 0.29) is 17.7 Å². The van der Waals surface area contributed by atoms with E-state index in [4.69, 9.17) is 11.6 Å². The molecule has 0 heterocycles.